The Bertz CT molecular complexity index is 127. The van der Waals surface area contributed by atoms with Crippen molar-refractivity contribution in [2.75, 3.05) is 0 Å². The van der Waals surface area contributed by atoms with Crippen LogP contribution in [0.3, 0.4) is 0 Å². The van der Waals surface area contributed by atoms with E-state index in [2.05, 4.69) is 62.3 Å². The summed E-state index contributed by atoms with van der Waals surface area (Å²) in [5.74, 6) is 4.19. The molecule has 0 saturated heterocycles. The van der Waals surface area contributed by atoms with Gasteiger partial charge in [-0.2, -0.15) is 20.8 Å². The van der Waals surface area contributed by atoms with E-state index in [-0.39, 0.29) is 18.9 Å². The summed E-state index contributed by atoms with van der Waals surface area (Å²) in [6, 6.07) is 0. The van der Waals surface area contributed by atoms with Gasteiger partial charge in [0, 0.05) is 0 Å². The van der Waals surface area contributed by atoms with Crippen LogP contribution in [-0.2, 0) is 0 Å². The second-order valence-electron chi connectivity index (χ2n) is 7.25. The molecule has 0 aliphatic heterocycles. The van der Waals surface area contributed by atoms with Gasteiger partial charge in [0.1, 0.15) is 0 Å². The van der Waals surface area contributed by atoms with E-state index in [4.69, 9.17) is 0 Å². The third kappa shape index (κ3) is 25.9. The maximum absolute atomic E-state index is 2.38. The zero-order valence-corrected chi connectivity index (χ0v) is 16.1. The summed E-state index contributed by atoms with van der Waals surface area (Å²) < 4.78 is 0. The van der Waals surface area contributed by atoms with Crippen molar-refractivity contribution in [1.82, 2.24) is 0 Å². The zero-order valence-electron chi connectivity index (χ0n) is 14.9. The topological polar surface area (TPSA) is 0 Å². The van der Waals surface area contributed by atoms with E-state index in [0.29, 0.717) is 0 Å². The monoisotopic (exact) mass is 262 g/mol. The van der Waals surface area contributed by atoms with Crippen LogP contribution in [0.15, 0.2) is 0 Å². The molecule has 0 atom stereocenters. The predicted octanol–water partition coefficient (Wildman–Crippen LogP) is 3.07. The van der Waals surface area contributed by atoms with Gasteiger partial charge in [0.05, 0.1) is 0 Å². The van der Waals surface area contributed by atoms with Gasteiger partial charge in [-0.15, -0.1) is 0 Å². The van der Waals surface area contributed by atoms with Gasteiger partial charge < -0.3 is 5.92 Å². The van der Waals surface area contributed by atoms with Crippen LogP contribution >= 0.6 is 0 Å². The third-order valence-electron chi connectivity index (χ3n) is 2.41. The Balaban J connectivity index is -0.000000392. The van der Waals surface area contributed by atoms with Gasteiger partial charge in [-0.3, -0.25) is 0 Å². The van der Waals surface area contributed by atoms with Crippen LogP contribution in [0.4, 0.5) is 0 Å². The van der Waals surface area contributed by atoms with Crippen molar-refractivity contribution in [1.29, 1.82) is 0 Å². The SMILES string of the molecule is CC(C)[CH2][Al]([CH2]C(C)C)[CH2]C(C)C.C[C-](C)C.[Li+]. The molecule has 0 saturated carbocycles. The predicted molar refractivity (Wildman–Crippen MR) is 85.0 cm³/mol. The molecule has 0 radical (unpaired) electrons. The van der Waals surface area contributed by atoms with Crippen LogP contribution in [0.1, 0.15) is 62.3 Å². The second kappa shape index (κ2) is 14.5. The summed E-state index contributed by atoms with van der Waals surface area (Å²) in [5.41, 5.74) is 0. The molecule has 0 bridgehead atoms. The van der Waals surface area contributed by atoms with Crippen molar-refractivity contribution in [3.05, 3.63) is 5.92 Å². The van der Waals surface area contributed by atoms with E-state index in [1.54, 1.807) is 15.8 Å². The molecule has 18 heavy (non-hydrogen) atoms. The summed E-state index contributed by atoms with van der Waals surface area (Å²) in [7, 11) is 0. The standard InChI is InChI=1S/4C4H9.Al.Li/c4*1-4(2)3;;/h1-3H3;3*4H,1H2,2-3H3;;/q-1;;;;;+1. The molecule has 0 spiro atoms. The average molecular weight is 262 g/mol. The van der Waals surface area contributed by atoms with Crippen LogP contribution in [0.25, 0.3) is 0 Å². The summed E-state index contributed by atoms with van der Waals surface area (Å²) in [4.78, 5) is 0. The van der Waals surface area contributed by atoms with E-state index in [0.717, 1.165) is 17.8 Å². The van der Waals surface area contributed by atoms with Gasteiger partial charge in [-0.1, -0.05) is 75.1 Å². The van der Waals surface area contributed by atoms with E-state index < -0.39 is 14.1 Å². The first-order chi connectivity index (χ1) is 7.65. The third-order valence-corrected chi connectivity index (χ3v) is 7.24. The number of hydrogen-bond acceptors (Lipinski definition) is 0. The molecule has 0 amide bonds. The Kier molecular flexibility index (Phi) is 19.5. The summed E-state index contributed by atoms with van der Waals surface area (Å²) in [5, 5.41) is 4.66. The normalized spacial score (nSPS) is 10.5. The zero-order chi connectivity index (χ0) is 14.0. The Morgan fingerprint density at radius 3 is 0.944 bits per heavy atom. The number of hydrogen-bond donors (Lipinski definition) is 0. The van der Waals surface area contributed by atoms with E-state index in [1.807, 2.05) is 0 Å². The van der Waals surface area contributed by atoms with Crippen molar-refractivity contribution >= 4 is 14.1 Å². The first-order valence-corrected chi connectivity index (χ1v) is 9.86. The summed E-state index contributed by atoms with van der Waals surface area (Å²) in [6.45, 7) is 20.5. The fraction of sp³-hybridized carbons (Fsp3) is 0.938. The van der Waals surface area contributed by atoms with Crippen molar-refractivity contribution in [3.63, 3.8) is 0 Å². The first-order valence-electron chi connectivity index (χ1n) is 7.41. The molecule has 0 aromatic carbocycles. The molecule has 0 aromatic rings. The van der Waals surface area contributed by atoms with Crippen LogP contribution in [0.2, 0.25) is 15.8 Å². The minimum absolute atomic E-state index is 0. The maximum atomic E-state index is 2.38. The minimum atomic E-state index is -0.407. The van der Waals surface area contributed by atoms with Crippen LogP contribution < -0.4 is 18.9 Å². The molecule has 0 aromatic heterocycles. The Morgan fingerprint density at radius 1 is 0.667 bits per heavy atom. The Morgan fingerprint density at radius 2 is 0.833 bits per heavy atom. The van der Waals surface area contributed by atoms with Gasteiger partial charge in [0.15, 0.2) is 0 Å². The molecule has 0 heterocycles. The van der Waals surface area contributed by atoms with Gasteiger partial charge >= 0.3 is 18.9 Å². The van der Waals surface area contributed by atoms with Crippen molar-refractivity contribution in [3.8, 4) is 0 Å². The largest absolute Gasteiger partial charge is 1.00 e. The minimum Gasteiger partial charge on any atom is -0.323 e. The van der Waals surface area contributed by atoms with Crippen molar-refractivity contribution in [2.45, 2.75) is 78.2 Å². The molecular formula is C16H36AlLi. The fourth-order valence-corrected chi connectivity index (χ4v) is 6.87. The summed E-state index contributed by atoms with van der Waals surface area (Å²) >= 11 is -0.407. The first kappa shape index (κ1) is 24.2. The van der Waals surface area contributed by atoms with Crippen molar-refractivity contribution in [2.24, 2.45) is 17.8 Å². The molecule has 0 N–H and O–H groups in total. The molecule has 0 nitrogen and oxygen atoms in total. The van der Waals surface area contributed by atoms with Gasteiger partial charge in [-0.25, -0.2) is 0 Å². The number of rotatable bonds is 6. The molecule has 104 valence electrons. The average Bonchev–Trinajstić information content (AvgIpc) is 1.96. The molecule has 0 unspecified atom stereocenters. The van der Waals surface area contributed by atoms with Crippen LogP contribution in [-0.4, -0.2) is 14.1 Å². The Labute approximate surface area is 134 Å². The molecule has 0 fully saturated rings. The molecule has 0 aliphatic rings. The van der Waals surface area contributed by atoms with Gasteiger partial charge in [0.2, 0.25) is 0 Å². The smallest absolute Gasteiger partial charge is 0.323 e. The van der Waals surface area contributed by atoms with E-state index >= 15 is 0 Å². The van der Waals surface area contributed by atoms with Gasteiger partial charge in [-0.05, 0) is 0 Å². The summed E-state index contributed by atoms with van der Waals surface area (Å²) in [6.07, 6.45) is 0. The van der Waals surface area contributed by atoms with E-state index in [9.17, 15) is 0 Å². The van der Waals surface area contributed by atoms with Crippen molar-refractivity contribution < 1.29 is 18.9 Å². The fourth-order valence-electron chi connectivity index (χ4n) is 2.29. The molecule has 0 rings (SSSR count). The van der Waals surface area contributed by atoms with E-state index in [1.165, 1.54) is 5.92 Å². The maximum Gasteiger partial charge on any atom is 1.00 e. The van der Waals surface area contributed by atoms with Gasteiger partial charge in [0.25, 0.3) is 14.1 Å². The molecular weight excluding hydrogens is 226 g/mol. The Hall–Kier alpha value is 1.13. The van der Waals surface area contributed by atoms with Crippen LogP contribution in [0, 0.1) is 23.7 Å². The second-order valence-corrected chi connectivity index (χ2v) is 10.4. The van der Waals surface area contributed by atoms with Crippen LogP contribution in [0.5, 0.6) is 0 Å². The quantitative estimate of drug-likeness (QED) is 0.510. The molecule has 0 aliphatic carbocycles. The molecule has 2 heteroatoms.